The molecule has 0 radical (unpaired) electrons. The molecule has 1 aliphatic carbocycles. The molecule has 0 unspecified atom stereocenters. The number of halogens is 1. The third-order valence-electron chi connectivity index (χ3n) is 2.54. The second-order valence-corrected chi connectivity index (χ2v) is 4.63. The monoisotopic (exact) mass is 255 g/mol. The summed E-state index contributed by atoms with van der Waals surface area (Å²) in [6, 6.07) is 0.681. The molecule has 1 fully saturated rings. The van der Waals surface area contributed by atoms with Gasteiger partial charge in [0.2, 0.25) is 0 Å². The van der Waals surface area contributed by atoms with E-state index in [0.717, 1.165) is 21.8 Å². The molecule has 4 heteroatoms. The van der Waals surface area contributed by atoms with E-state index in [1.165, 1.54) is 12.8 Å². The minimum absolute atomic E-state index is 0.681. The fraction of sp³-hybridized carbons (Fsp3) is 0.600. The van der Waals surface area contributed by atoms with Crippen molar-refractivity contribution in [2.24, 2.45) is 0 Å². The fourth-order valence-electron chi connectivity index (χ4n) is 1.55. The van der Waals surface area contributed by atoms with Crippen LogP contribution in [0.5, 0.6) is 0 Å². The Kier molecular flexibility index (Phi) is 2.47. The maximum absolute atomic E-state index is 4.46. The van der Waals surface area contributed by atoms with Crippen LogP contribution in [0.3, 0.4) is 0 Å². The van der Waals surface area contributed by atoms with Gasteiger partial charge in [-0.15, -0.1) is 0 Å². The first-order valence-corrected chi connectivity index (χ1v) is 5.62. The van der Waals surface area contributed by atoms with Crippen molar-refractivity contribution >= 4 is 21.7 Å². The van der Waals surface area contributed by atoms with Crippen LogP contribution in [0.15, 0.2) is 4.47 Å². The number of hydrogen-bond acceptors (Lipinski definition) is 3. The van der Waals surface area contributed by atoms with Crippen molar-refractivity contribution in [3.05, 3.63) is 16.0 Å². The number of rotatable bonds is 2. The summed E-state index contributed by atoms with van der Waals surface area (Å²) in [5, 5.41) is 0. The van der Waals surface area contributed by atoms with E-state index in [2.05, 4.69) is 37.8 Å². The van der Waals surface area contributed by atoms with E-state index in [0.29, 0.717) is 6.04 Å². The molecule has 0 bridgehead atoms. The van der Waals surface area contributed by atoms with Gasteiger partial charge in [-0.1, -0.05) is 0 Å². The van der Waals surface area contributed by atoms with Crippen LogP contribution in [0.4, 0.5) is 5.82 Å². The average Bonchev–Trinajstić information content (AvgIpc) is 2.93. The second kappa shape index (κ2) is 3.50. The number of hydrogen-bond donors (Lipinski definition) is 0. The topological polar surface area (TPSA) is 29.0 Å². The smallest absolute Gasteiger partial charge is 0.146 e. The Morgan fingerprint density at radius 3 is 2.50 bits per heavy atom. The summed E-state index contributed by atoms with van der Waals surface area (Å²) in [5.41, 5.74) is 1.01. The van der Waals surface area contributed by atoms with Gasteiger partial charge in [0, 0.05) is 13.1 Å². The van der Waals surface area contributed by atoms with E-state index >= 15 is 0 Å². The van der Waals surface area contributed by atoms with Gasteiger partial charge >= 0.3 is 0 Å². The van der Waals surface area contributed by atoms with Crippen LogP contribution in [0.1, 0.15) is 24.4 Å². The highest BCUT2D eigenvalue weighted by atomic mass is 79.9. The Balaban J connectivity index is 2.39. The first kappa shape index (κ1) is 9.90. The largest absolute Gasteiger partial charge is 0.356 e. The molecule has 0 spiro atoms. The van der Waals surface area contributed by atoms with E-state index in [1.807, 2.05) is 13.8 Å². The van der Waals surface area contributed by atoms with Crippen LogP contribution < -0.4 is 4.90 Å². The highest BCUT2D eigenvalue weighted by Crippen LogP contribution is 2.33. The van der Waals surface area contributed by atoms with Gasteiger partial charge in [0.1, 0.15) is 11.6 Å². The van der Waals surface area contributed by atoms with Crippen LogP contribution in [-0.4, -0.2) is 23.1 Å². The lowest BCUT2D eigenvalue weighted by atomic mass is 10.4. The van der Waals surface area contributed by atoms with Gasteiger partial charge in [-0.25, -0.2) is 9.97 Å². The standard InChI is InChI=1S/C10H14BrN3/c1-6-9(11)10(13-7(2)12-6)14(3)8-4-5-8/h8H,4-5H2,1-3H3. The summed E-state index contributed by atoms with van der Waals surface area (Å²) in [6.45, 7) is 3.94. The summed E-state index contributed by atoms with van der Waals surface area (Å²) < 4.78 is 1.03. The van der Waals surface area contributed by atoms with Crippen molar-refractivity contribution in [3.8, 4) is 0 Å². The number of aromatic nitrogens is 2. The lowest BCUT2D eigenvalue weighted by Gasteiger charge is -2.19. The Morgan fingerprint density at radius 1 is 1.29 bits per heavy atom. The first-order valence-electron chi connectivity index (χ1n) is 4.83. The summed E-state index contributed by atoms with van der Waals surface area (Å²) in [7, 11) is 2.10. The minimum atomic E-state index is 0.681. The van der Waals surface area contributed by atoms with Crippen LogP contribution in [-0.2, 0) is 0 Å². The Labute approximate surface area is 92.7 Å². The molecule has 76 valence electrons. The van der Waals surface area contributed by atoms with E-state index in [-0.39, 0.29) is 0 Å². The van der Waals surface area contributed by atoms with Crippen molar-refractivity contribution in [1.82, 2.24) is 9.97 Å². The van der Waals surface area contributed by atoms with Gasteiger partial charge in [-0.2, -0.15) is 0 Å². The zero-order valence-corrected chi connectivity index (χ0v) is 10.3. The van der Waals surface area contributed by atoms with E-state index in [1.54, 1.807) is 0 Å². The van der Waals surface area contributed by atoms with Crippen molar-refractivity contribution in [3.63, 3.8) is 0 Å². The van der Waals surface area contributed by atoms with E-state index in [9.17, 15) is 0 Å². The third kappa shape index (κ3) is 1.75. The summed E-state index contributed by atoms with van der Waals surface area (Å²) >= 11 is 3.54. The quantitative estimate of drug-likeness (QED) is 0.813. The zero-order valence-electron chi connectivity index (χ0n) is 8.71. The molecule has 14 heavy (non-hydrogen) atoms. The maximum atomic E-state index is 4.46. The van der Waals surface area contributed by atoms with Crippen molar-refractivity contribution < 1.29 is 0 Å². The molecule has 1 saturated carbocycles. The molecule has 0 saturated heterocycles. The molecular weight excluding hydrogens is 242 g/mol. The number of nitrogens with zero attached hydrogens (tertiary/aromatic N) is 3. The molecule has 0 atom stereocenters. The van der Waals surface area contributed by atoms with Crippen molar-refractivity contribution in [2.75, 3.05) is 11.9 Å². The van der Waals surface area contributed by atoms with Gasteiger partial charge in [0.05, 0.1) is 10.2 Å². The van der Waals surface area contributed by atoms with Crippen LogP contribution >= 0.6 is 15.9 Å². The molecule has 0 amide bonds. The molecule has 0 N–H and O–H groups in total. The highest BCUT2D eigenvalue weighted by Gasteiger charge is 2.28. The van der Waals surface area contributed by atoms with Crippen LogP contribution in [0.2, 0.25) is 0 Å². The van der Waals surface area contributed by atoms with E-state index < -0.39 is 0 Å². The van der Waals surface area contributed by atoms with Gasteiger partial charge in [-0.05, 0) is 42.6 Å². The highest BCUT2D eigenvalue weighted by molar-refractivity contribution is 9.10. The predicted octanol–water partition coefficient (Wildman–Crippen LogP) is 2.45. The minimum Gasteiger partial charge on any atom is -0.356 e. The molecular formula is C10H14BrN3. The molecule has 3 nitrogen and oxygen atoms in total. The van der Waals surface area contributed by atoms with Crippen LogP contribution in [0, 0.1) is 13.8 Å². The fourth-order valence-corrected chi connectivity index (χ4v) is 2.01. The van der Waals surface area contributed by atoms with Crippen molar-refractivity contribution in [1.29, 1.82) is 0 Å². The molecule has 0 aromatic carbocycles. The van der Waals surface area contributed by atoms with Crippen molar-refractivity contribution in [2.45, 2.75) is 32.7 Å². The first-order chi connectivity index (χ1) is 6.59. The number of aryl methyl sites for hydroxylation is 2. The Hall–Kier alpha value is -0.640. The normalized spacial score (nSPS) is 15.7. The Bertz CT molecular complexity index is 361. The molecule has 2 rings (SSSR count). The van der Waals surface area contributed by atoms with Gasteiger partial charge in [-0.3, -0.25) is 0 Å². The molecule has 0 aliphatic heterocycles. The Morgan fingerprint density at radius 2 is 1.93 bits per heavy atom. The molecule has 1 aromatic heterocycles. The molecule has 1 aliphatic rings. The molecule has 1 heterocycles. The molecule has 1 aromatic rings. The average molecular weight is 256 g/mol. The van der Waals surface area contributed by atoms with Gasteiger partial charge in [0.25, 0.3) is 0 Å². The SMILES string of the molecule is Cc1nc(C)c(Br)c(N(C)C2CC2)n1. The zero-order chi connectivity index (χ0) is 10.3. The summed E-state index contributed by atoms with van der Waals surface area (Å²) in [5.74, 6) is 1.87. The summed E-state index contributed by atoms with van der Waals surface area (Å²) in [4.78, 5) is 11.0. The lowest BCUT2D eigenvalue weighted by Crippen LogP contribution is -2.22. The van der Waals surface area contributed by atoms with Gasteiger partial charge < -0.3 is 4.90 Å². The predicted molar refractivity (Wildman–Crippen MR) is 60.6 cm³/mol. The van der Waals surface area contributed by atoms with Crippen LogP contribution in [0.25, 0.3) is 0 Å². The van der Waals surface area contributed by atoms with Gasteiger partial charge in [0.15, 0.2) is 0 Å². The summed E-state index contributed by atoms with van der Waals surface area (Å²) in [6.07, 6.45) is 2.57. The second-order valence-electron chi connectivity index (χ2n) is 3.84. The lowest BCUT2D eigenvalue weighted by molar-refractivity contribution is 0.861. The number of anilines is 1. The maximum Gasteiger partial charge on any atom is 0.146 e. The third-order valence-corrected chi connectivity index (χ3v) is 3.47. The van der Waals surface area contributed by atoms with E-state index in [4.69, 9.17) is 0 Å².